The van der Waals surface area contributed by atoms with Crippen LogP contribution in [-0.2, 0) is 11.3 Å². The van der Waals surface area contributed by atoms with Gasteiger partial charge in [-0.3, -0.25) is 14.9 Å². The molecule has 0 atom stereocenters. The first kappa shape index (κ1) is 13.0. The summed E-state index contributed by atoms with van der Waals surface area (Å²) in [6.45, 7) is 2.56. The molecule has 3 rings (SSSR count). The maximum Gasteiger partial charge on any atom is 0.271 e. The van der Waals surface area contributed by atoms with E-state index in [-0.39, 0.29) is 17.5 Å². The summed E-state index contributed by atoms with van der Waals surface area (Å²) in [7, 11) is 0. The van der Waals surface area contributed by atoms with Crippen LogP contribution in [0.5, 0.6) is 0 Å². The zero-order chi connectivity index (χ0) is 14.3. The number of carbonyl (C=O) groups is 1. The summed E-state index contributed by atoms with van der Waals surface area (Å²) in [6, 6.07) is 4.73. The van der Waals surface area contributed by atoms with E-state index in [1.54, 1.807) is 6.07 Å². The molecule has 1 saturated carbocycles. The Balaban J connectivity index is 2.17. The van der Waals surface area contributed by atoms with Gasteiger partial charge >= 0.3 is 0 Å². The minimum absolute atomic E-state index is 0.0533. The topological polar surface area (TPSA) is 77.5 Å². The minimum atomic E-state index is -0.413. The number of amides is 1. The number of carbonyl (C=O) groups excluding carboxylic acids is 1. The van der Waals surface area contributed by atoms with E-state index in [0.29, 0.717) is 11.3 Å². The van der Waals surface area contributed by atoms with E-state index in [1.165, 1.54) is 23.5 Å². The third kappa shape index (κ3) is 2.24. The minimum Gasteiger partial charge on any atom is -0.316 e. The number of aryl methyl sites for hydroxylation is 1. The van der Waals surface area contributed by atoms with Crippen molar-refractivity contribution in [1.82, 2.24) is 4.57 Å². The summed E-state index contributed by atoms with van der Waals surface area (Å²) in [5.74, 6) is 0.00751. The van der Waals surface area contributed by atoms with Crippen molar-refractivity contribution in [1.29, 1.82) is 0 Å². The largest absolute Gasteiger partial charge is 0.316 e. The van der Waals surface area contributed by atoms with Gasteiger partial charge < -0.3 is 4.57 Å². The number of non-ortho nitro benzene ring substituents is 1. The number of benzene rings is 1. The van der Waals surface area contributed by atoms with Crippen molar-refractivity contribution in [2.45, 2.75) is 26.3 Å². The van der Waals surface area contributed by atoms with Crippen LogP contribution in [0.4, 0.5) is 5.69 Å². The van der Waals surface area contributed by atoms with Gasteiger partial charge in [0.2, 0.25) is 0 Å². The second-order valence-corrected chi connectivity index (χ2v) is 5.77. The number of nitro groups is 1. The second kappa shape index (κ2) is 4.82. The van der Waals surface area contributed by atoms with Crippen molar-refractivity contribution in [3.63, 3.8) is 0 Å². The molecule has 0 aliphatic heterocycles. The number of fused-ring (bicyclic) bond motifs is 1. The van der Waals surface area contributed by atoms with Crippen LogP contribution in [0.1, 0.15) is 19.8 Å². The molecule has 0 unspecified atom stereocenters. The van der Waals surface area contributed by atoms with E-state index in [4.69, 9.17) is 0 Å². The second-order valence-electron chi connectivity index (χ2n) is 4.76. The summed E-state index contributed by atoms with van der Waals surface area (Å²) in [5.41, 5.74) is 0.812. The maximum absolute atomic E-state index is 11.8. The summed E-state index contributed by atoms with van der Waals surface area (Å²) in [6.07, 6.45) is 1.84. The fourth-order valence-corrected chi connectivity index (χ4v) is 3.16. The molecule has 0 bridgehead atoms. The molecule has 1 aliphatic rings. The highest BCUT2D eigenvalue weighted by Gasteiger charge is 2.29. The molecular weight excluding hydrogens is 278 g/mol. The number of hydrogen-bond acceptors (Lipinski definition) is 4. The van der Waals surface area contributed by atoms with E-state index in [1.807, 2.05) is 11.5 Å². The van der Waals surface area contributed by atoms with Crippen LogP contribution in [0.3, 0.4) is 0 Å². The van der Waals surface area contributed by atoms with Crippen LogP contribution in [0.15, 0.2) is 23.2 Å². The van der Waals surface area contributed by atoms with Crippen molar-refractivity contribution >= 4 is 33.1 Å². The summed E-state index contributed by atoms with van der Waals surface area (Å²) in [4.78, 5) is 27.0. The molecule has 1 heterocycles. The van der Waals surface area contributed by atoms with Crippen LogP contribution >= 0.6 is 11.3 Å². The molecular formula is C13H13N3O3S. The summed E-state index contributed by atoms with van der Waals surface area (Å²) < 4.78 is 2.76. The number of hydrogen-bond donors (Lipinski definition) is 0. The van der Waals surface area contributed by atoms with Gasteiger partial charge in [-0.15, -0.1) is 0 Å². The van der Waals surface area contributed by atoms with E-state index in [9.17, 15) is 14.9 Å². The molecule has 20 heavy (non-hydrogen) atoms. The molecule has 0 N–H and O–H groups in total. The Kier molecular flexibility index (Phi) is 3.13. The zero-order valence-electron chi connectivity index (χ0n) is 10.9. The molecule has 0 radical (unpaired) electrons. The smallest absolute Gasteiger partial charge is 0.271 e. The standard InChI is InChI=1S/C13H13N3O3S/c1-2-15-10-7-9(16(18)19)5-6-11(10)20-13(15)14-12(17)8-3-4-8/h5-8H,2-4H2,1H3. The van der Waals surface area contributed by atoms with Crippen LogP contribution < -0.4 is 4.80 Å². The molecule has 6 nitrogen and oxygen atoms in total. The molecule has 0 spiro atoms. The SMILES string of the molecule is CCn1c(=NC(=O)C2CC2)sc2ccc([N+](=O)[O-])cc21. The molecule has 7 heteroatoms. The molecule has 2 aromatic rings. The van der Waals surface area contributed by atoms with Crippen LogP contribution in [0.2, 0.25) is 0 Å². The van der Waals surface area contributed by atoms with Gasteiger partial charge in [0.15, 0.2) is 4.80 Å². The first-order valence-corrected chi connectivity index (χ1v) is 7.28. The third-order valence-electron chi connectivity index (χ3n) is 3.32. The normalized spacial score (nSPS) is 15.8. The third-order valence-corrected chi connectivity index (χ3v) is 4.38. The average Bonchev–Trinajstić information content (AvgIpc) is 3.20. The Morgan fingerprint density at radius 3 is 2.90 bits per heavy atom. The van der Waals surface area contributed by atoms with Crippen molar-refractivity contribution in [2.24, 2.45) is 10.9 Å². The summed E-state index contributed by atoms with van der Waals surface area (Å²) >= 11 is 1.40. The highest BCUT2D eigenvalue weighted by atomic mass is 32.1. The number of thiazole rings is 1. The highest BCUT2D eigenvalue weighted by Crippen LogP contribution is 2.30. The van der Waals surface area contributed by atoms with Gasteiger partial charge in [0, 0.05) is 24.6 Å². The maximum atomic E-state index is 11.8. The molecule has 1 aromatic heterocycles. The first-order chi connectivity index (χ1) is 9.60. The molecule has 1 aliphatic carbocycles. The lowest BCUT2D eigenvalue weighted by Gasteiger charge is -1.99. The van der Waals surface area contributed by atoms with Gasteiger partial charge in [0.05, 0.1) is 15.1 Å². The molecule has 1 fully saturated rings. The molecule has 1 amide bonds. The van der Waals surface area contributed by atoms with Gasteiger partial charge in [-0.2, -0.15) is 4.99 Å². The van der Waals surface area contributed by atoms with E-state index >= 15 is 0 Å². The van der Waals surface area contributed by atoms with Crippen molar-refractivity contribution < 1.29 is 9.72 Å². The number of rotatable bonds is 3. The van der Waals surface area contributed by atoms with Gasteiger partial charge in [0.1, 0.15) is 0 Å². The molecule has 1 aromatic carbocycles. The van der Waals surface area contributed by atoms with Crippen LogP contribution in [0, 0.1) is 16.0 Å². The Hall–Kier alpha value is -2.02. The fraction of sp³-hybridized carbons (Fsp3) is 0.385. The average molecular weight is 291 g/mol. The van der Waals surface area contributed by atoms with E-state index in [2.05, 4.69) is 4.99 Å². The van der Waals surface area contributed by atoms with Crippen molar-refractivity contribution in [3.05, 3.63) is 33.1 Å². The van der Waals surface area contributed by atoms with Crippen LogP contribution in [-0.4, -0.2) is 15.4 Å². The first-order valence-electron chi connectivity index (χ1n) is 6.46. The lowest BCUT2D eigenvalue weighted by Crippen LogP contribution is -2.16. The Morgan fingerprint density at radius 2 is 2.30 bits per heavy atom. The Bertz CT molecular complexity index is 771. The number of aromatic nitrogens is 1. The van der Waals surface area contributed by atoms with E-state index < -0.39 is 4.92 Å². The predicted octanol–water partition coefficient (Wildman–Crippen LogP) is 2.47. The fourth-order valence-electron chi connectivity index (χ4n) is 2.08. The number of nitro benzene ring substituents is 1. The quantitative estimate of drug-likeness (QED) is 0.643. The van der Waals surface area contributed by atoms with Crippen molar-refractivity contribution in [3.8, 4) is 0 Å². The summed E-state index contributed by atoms with van der Waals surface area (Å²) in [5, 5.41) is 10.8. The van der Waals surface area contributed by atoms with Gasteiger partial charge in [-0.1, -0.05) is 11.3 Å². The van der Waals surface area contributed by atoms with E-state index in [0.717, 1.165) is 23.1 Å². The highest BCUT2D eigenvalue weighted by molar-refractivity contribution is 7.16. The number of nitrogens with zero attached hydrogens (tertiary/aromatic N) is 3. The molecule has 104 valence electrons. The lowest BCUT2D eigenvalue weighted by atomic mass is 10.3. The Labute approximate surface area is 118 Å². The molecule has 0 saturated heterocycles. The van der Waals surface area contributed by atoms with Gasteiger partial charge in [0.25, 0.3) is 11.6 Å². The zero-order valence-corrected chi connectivity index (χ0v) is 11.7. The lowest BCUT2D eigenvalue weighted by molar-refractivity contribution is -0.384. The monoisotopic (exact) mass is 291 g/mol. The predicted molar refractivity (Wildman–Crippen MR) is 75.4 cm³/mol. The van der Waals surface area contributed by atoms with Crippen LogP contribution in [0.25, 0.3) is 10.2 Å². The van der Waals surface area contributed by atoms with Gasteiger partial charge in [-0.05, 0) is 25.8 Å². The van der Waals surface area contributed by atoms with Gasteiger partial charge in [-0.25, -0.2) is 0 Å². The van der Waals surface area contributed by atoms with Crippen molar-refractivity contribution in [2.75, 3.05) is 0 Å². The Morgan fingerprint density at radius 1 is 1.55 bits per heavy atom.